The quantitative estimate of drug-likeness (QED) is 0.335. The van der Waals surface area contributed by atoms with E-state index in [-0.39, 0.29) is 0 Å². The number of carbonyl (C=O) groups is 1. The second kappa shape index (κ2) is 13.2. The molecule has 0 rings (SSSR count). The Kier molecular flexibility index (Phi) is 12.6. The molecule has 0 N–H and O–H groups in total. The lowest BCUT2D eigenvalue weighted by Gasteiger charge is -2.00. The lowest BCUT2D eigenvalue weighted by atomic mass is 10.1. The number of rotatable bonds is 12. The highest BCUT2D eigenvalue weighted by molar-refractivity contribution is 5.75. The van der Waals surface area contributed by atoms with E-state index in [9.17, 15) is 4.79 Å². The molecule has 0 aromatic carbocycles. The molecule has 1 nitrogen and oxygen atoms in total. The van der Waals surface area contributed by atoms with Crippen molar-refractivity contribution in [3.05, 3.63) is 24.8 Å². The average molecular weight is 236 g/mol. The summed E-state index contributed by atoms with van der Waals surface area (Å²) in [6, 6.07) is 0. The van der Waals surface area contributed by atoms with Crippen LogP contribution in [-0.2, 0) is 4.79 Å². The highest BCUT2D eigenvalue weighted by Crippen LogP contribution is 2.10. The normalized spacial score (nSPS) is 10.9. The van der Waals surface area contributed by atoms with Gasteiger partial charge in [0.15, 0.2) is 0 Å². The van der Waals surface area contributed by atoms with Crippen LogP contribution in [0.15, 0.2) is 24.8 Å². The summed E-state index contributed by atoms with van der Waals surface area (Å²) < 4.78 is 0. The van der Waals surface area contributed by atoms with Gasteiger partial charge in [-0.1, -0.05) is 50.3 Å². The van der Waals surface area contributed by atoms with E-state index in [1.54, 1.807) is 6.92 Å². The van der Waals surface area contributed by atoms with Crippen molar-refractivity contribution >= 4 is 5.78 Å². The smallest absolute Gasteiger partial charge is 0.129 e. The average Bonchev–Trinajstić information content (AvgIpc) is 2.30. The molecular formula is C16H28O. The van der Waals surface area contributed by atoms with Crippen molar-refractivity contribution in [2.45, 2.75) is 71.1 Å². The highest BCUT2D eigenvalue weighted by Gasteiger charge is 1.94. The van der Waals surface area contributed by atoms with Crippen LogP contribution in [-0.4, -0.2) is 5.78 Å². The number of hydrogen-bond acceptors (Lipinski definition) is 1. The third-order valence-corrected chi connectivity index (χ3v) is 2.87. The van der Waals surface area contributed by atoms with Crippen molar-refractivity contribution in [1.29, 1.82) is 0 Å². The Hall–Kier alpha value is -0.850. The Morgan fingerprint density at radius 3 is 2.12 bits per heavy atom. The minimum atomic E-state index is 0.330. The van der Waals surface area contributed by atoms with Crippen LogP contribution in [0.4, 0.5) is 0 Å². The topological polar surface area (TPSA) is 17.1 Å². The zero-order valence-corrected chi connectivity index (χ0v) is 11.4. The Morgan fingerprint density at radius 1 is 0.941 bits per heavy atom. The molecule has 0 aliphatic carbocycles. The van der Waals surface area contributed by atoms with Crippen molar-refractivity contribution < 1.29 is 4.79 Å². The molecule has 98 valence electrons. The van der Waals surface area contributed by atoms with Crippen molar-refractivity contribution in [2.75, 3.05) is 0 Å². The van der Waals surface area contributed by atoms with Gasteiger partial charge in [0, 0.05) is 6.42 Å². The van der Waals surface area contributed by atoms with Crippen molar-refractivity contribution in [1.82, 2.24) is 0 Å². The molecule has 0 aliphatic heterocycles. The fourth-order valence-corrected chi connectivity index (χ4v) is 1.83. The van der Waals surface area contributed by atoms with Gasteiger partial charge < -0.3 is 4.79 Å². The monoisotopic (exact) mass is 236 g/mol. The minimum absolute atomic E-state index is 0.330. The Balaban J connectivity index is 3.03. The molecule has 0 fully saturated rings. The zero-order chi connectivity index (χ0) is 12.8. The summed E-state index contributed by atoms with van der Waals surface area (Å²) in [5.41, 5.74) is 0. The van der Waals surface area contributed by atoms with Gasteiger partial charge in [-0.25, -0.2) is 0 Å². The molecule has 0 aromatic heterocycles. The molecule has 0 atom stereocenters. The van der Waals surface area contributed by atoms with E-state index in [4.69, 9.17) is 0 Å². The third kappa shape index (κ3) is 15.1. The first-order valence-corrected chi connectivity index (χ1v) is 7.02. The van der Waals surface area contributed by atoms with Crippen LogP contribution in [0, 0.1) is 0 Å². The number of Topliss-reactive ketones (excluding diaryl/α,β-unsaturated/α-hetero) is 1. The number of allylic oxidation sites excluding steroid dienone is 3. The second-order valence-electron chi connectivity index (χ2n) is 4.71. The largest absolute Gasteiger partial charge is 0.300 e. The molecule has 17 heavy (non-hydrogen) atoms. The van der Waals surface area contributed by atoms with Gasteiger partial charge in [0.1, 0.15) is 5.78 Å². The molecule has 1 heteroatoms. The molecule has 0 bridgehead atoms. The van der Waals surface area contributed by atoms with Crippen LogP contribution in [0.3, 0.4) is 0 Å². The molecule has 0 aromatic rings. The van der Waals surface area contributed by atoms with E-state index in [2.05, 4.69) is 18.7 Å². The van der Waals surface area contributed by atoms with E-state index in [1.807, 2.05) is 6.08 Å². The number of hydrogen-bond donors (Lipinski definition) is 0. The lowest BCUT2D eigenvalue weighted by molar-refractivity contribution is -0.117. The van der Waals surface area contributed by atoms with Gasteiger partial charge in [-0.15, -0.1) is 6.58 Å². The molecule has 0 spiro atoms. The van der Waals surface area contributed by atoms with Crippen LogP contribution >= 0.6 is 0 Å². The summed E-state index contributed by atoms with van der Waals surface area (Å²) in [7, 11) is 0. The van der Waals surface area contributed by atoms with Crippen molar-refractivity contribution in [2.24, 2.45) is 0 Å². The van der Waals surface area contributed by atoms with Gasteiger partial charge in [0.25, 0.3) is 0 Å². The summed E-state index contributed by atoms with van der Waals surface area (Å²) in [5, 5.41) is 0. The summed E-state index contributed by atoms with van der Waals surface area (Å²) in [4.78, 5) is 10.7. The van der Waals surface area contributed by atoms with Gasteiger partial charge in [-0.3, -0.25) is 0 Å². The maximum Gasteiger partial charge on any atom is 0.129 e. The number of ketones is 1. The number of carbonyl (C=O) groups excluding carboxylic acids is 1. The van der Waals surface area contributed by atoms with Crippen LogP contribution in [0.25, 0.3) is 0 Å². The lowest BCUT2D eigenvalue weighted by Crippen LogP contribution is -1.89. The molecule has 0 aliphatic rings. The zero-order valence-electron chi connectivity index (χ0n) is 11.4. The first kappa shape index (κ1) is 16.1. The Bertz CT molecular complexity index is 216. The summed E-state index contributed by atoms with van der Waals surface area (Å²) in [6.45, 7) is 5.36. The van der Waals surface area contributed by atoms with Crippen molar-refractivity contribution in [3.63, 3.8) is 0 Å². The van der Waals surface area contributed by atoms with Gasteiger partial charge >= 0.3 is 0 Å². The fourth-order valence-electron chi connectivity index (χ4n) is 1.83. The maximum absolute atomic E-state index is 10.7. The van der Waals surface area contributed by atoms with E-state index in [0.29, 0.717) is 5.78 Å². The second-order valence-corrected chi connectivity index (χ2v) is 4.71. The summed E-state index contributed by atoms with van der Waals surface area (Å²) >= 11 is 0. The summed E-state index contributed by atoms with van der Waals surface area (Å²) in [5.74, 6) is 0.330. The predicted molar refractivity (Wildman–Crippen MR) is 76.2 cm³/mol. The van der Waals surface area contributed by atoms with Crippen LogP contribution in [0.2, 0.25) is 0 Å². The molecule has 0 saturated heterocycles. The van der Waals surface area contributed by atoms with E-state index < -0.39 is 0 Å². The molecular weight excluding hydrogens is 208 g/mol. The fraction of sp³-hybridized carbons (Fsp3) is 0.688. The minimum Gasteiger partial charge on any atom is -0.300 e. The Labute approximate surface area is 107 Å². The van der Waals surface area contributed by atoms with Crippen LogP contribution in [0.5, 0.6) is 0 Å². The Morgan fingerprint density at radius 2 is 1.53 bits per heavy atom. The first-order valence-electron chi connectivity index (χ1n) is 7.02. The molecule has 0 saturated carbocycles. The van der Waals surface area contributed by atoms with Crippen LogP contribution in [0.1, 0.15) is 71.1 Å². The van der Waals surface area contributed by atoms with E-state index in [0.717, 1.165) is 19.3 Å². The highest BCUT2D eigenvalue weighted by atomic mass is 16.1. The standard InChI is InChI=1S/C16H28O/c1-3-4-5-6-7-8-9-10-11-12-13-14-15-16(2)17/h3,5-6H,1,4,7-15H2,2H3/b6-5+. The molecule has 0 heterocycles. The third-order valence-electron chi connectivity index (χ3n) is 2.87. The van der Waals surface area contributed by atoms with Gasteiger partial charge in [-0.2, -0.15) is 0 Å². The van der Waals surface area contributed by atoms with E-state index in [1.165, 1.54) is 44.9 Å². The maximum atomic E-state index is 10.7. The number of unbranched alkanes of at least 4 members (excludes halogenated alkanes) is 7. The molecule has 0 unspecified atom stereocenters. The predicted octanol–water partition coefficient (Wildman–Crippen LogP) is 5.22. The molecule has 0 amide bonds. The van der Waals surface area contributed by atoms with Crippen molar-refractivity contribution in [3.8, 4) is 0 Å². The van der Waals surface area contributed by atoms with Gasteiger partial charge in [0.05, 0.1) is 0 Å². The first-order chi connectivity index (χ1) is 8.27. The van der Waals surface area contributed by atoms with Gasteiger partial charge in [0.2, 0.25) is 0 Å². The molecule has 0 radical (unpaired) electrons. The van der Waals surface area contributed by atoms with Crippen LogP contribution < -0.4 is 0 Å². The van der Waals surface area contributed by atoms with E-state index >= 15 is 0 Å². The van der Waals surface area contributed by atoms with Gasteiger partial charge in [-0.05, 0) is 32.6 Å². The summed E-state index contributed by atoms with van der Waals surface area (Å²) in [6.07, 6.45) is 18.3. The SMILES string of the molecule is C=CC/C=C/CCCCCCCCCC(C)=O.